The van der Waals surface area contributed by atoms with Crippen molar-refractivity contribution < 1.29 is 9.90 Å². The summed E-state index contributed by atoms with van der Waals surface area (Å²) in [6, 6.07) is 0. The monoisotopic (exact) mass is 203 g/mol. The van der Waals surface area contributed by atoms with Crippen LogP contribution in [0.25, 0.3) is 0 Å². The van der Waals surface area contributed by atoms with E-state index in [2.05, 4.69) is 12.6 Å². The van der Waals surface area contributed by atoms with Crippen molar-refractivity contribution in [2.45, 2.75) is 30.9 Å². The van der Waals surface area contributed by atoms with Gasteiger partial charge in [-0.3, -0.25) is 4.79 Å². The van der Waals surface area contributed by atoms with E-state index in [-0.39, 0.29) is 17.8 Å². The maximum Gasteiger partial charge on any atom is 0.223 e. The summed E-state index contributed by atoms with van der Waals surface area (Å²) < 4.78 is 0. The lowest BCUT2D eigenvalue weighted by atomic mass is 10.2. The zero-order valence-electron chi connectivity index (χ0n) is 7.78. The molecule has 1 N–H and O–H groups in total. The minimum absolute atomic E-state index is 0.226. The van der Waals surface area contributed by atoms with Crippen LogP contribution < -0.4 is 0 Å². The van der Waals surface area contributed by atoms with Crippen LogP contribution in [-0.2, 0) is 4.79 Å². The summed E-state index contributed by atoms with van der Waals surface area (Å²) in [5.41, 5.74) is 0. The minimum atomic E-state index is 0.226. The van der Waals surface area contributed by atoms with Crippen molar-refractivity contribution in [3.8, 4) is 0 Å². The number of rotatable bonds is 5. The Labute approximate surface area is 84.5 Å². The molecule has 0 aromatic carbocycles. The van der Waals surface area contributed by atoms with Gasteiger partial charge in [-0.15, -0.1) is 0 Å². The molecule has 1 aliphatic heterocycles. The number of aliphatic hydroxyl groups is 1. The van der Waals surface area contributed by atoms with Crippen LogP contribution in [0.15, 0.2) is 0 Å². The second kappa shape index (κ2) is 5.50. The van der Waals surface area contributed by atoms with Gasteiger partial charge in [0.05, 0.1) is 0 Å². The van der Waals surface area contributed by atoms with Gasteiger partial charge in [-0.25, -0.2) is 0 Å². The molecule has 0 aromatic rings. The van der Waals surface area contributed by atoms with Crippen molar-refractivity contribution in [2.24, 2.45) is 0 Å². The van der Waals surface area contributed by atoms with E-state index in [1.54, 1.807) is 0 Å². The van der Waals surface area contributed by atoms with Crippen LogP contribution in [0.4, 0.5) is 0 Å². The molecule has 0 aromatic heterocycles. The molecule has 0 radical (unpaired) electrons. The molecular weight excluding hydrogens is 186 g/mol. The van der Waals surface area contributed by atoms with E-state index in [1.165, 1.54) is 0 Å². The van der Waals surface area contributed by atoms with Gasteiger partial charge in [0.2, 0.25) is 5.91 Å². The smallest absolute Gasteiger partial charge is 0.223 e. The topological polar surface area (TPSA) is 40.5 Å². The molecule has 1 saturated heterocycles. The Bertz CT molecular complexity index is 175. The molecule has 0 saturated carbocycles. The maximum atomic E-state index is 11.3. The van der Waals surface area contributed by atoms with Crippen molar-refractivity contribution in [3.63, 3.8) is 0 Å². The maximum absolute atomic E-state index is 11.3. The van der Waals surface area contributed by atoms with E-state index >= 15 is 0 Å². The molecule has 1 amide bonds. The van der Waals surface area contributed by atoms with Gasteiger partial charge < -0.3 is 10.0 Å². The number of likely N-dealkylation sites (tertiary alicyclic amines) is 1. The quantitative estimate of drug-likeness (QED) is 0.509. The van der Waals surface area contributed by atoms with Crippen molar-refractivity contribution in [3.05, 3.63) is 0 Å². The molecule has 0 bridgehead atoms. The number of aliphatic hydroxyl groups excluding tert-OH is 1. The number of carbonyl (C=O) groups excluding carboxylic acids is 1. The first-order valence-electron chi connectivity index (χ1n) is 4.80. The van der Waals surface area contributed by atoms with Gasteiger partial charge in [0.1, 0.15) is 0 Å². The van der Waals surface area contributed by atoms with Crippen molar-refractivity contribution in [2.75, 3.05) is 19.7 Å². The second-order valence-corrected chi connectivity index (χ2v) is 4.21. The van der Waals surface area contributed by atoms with Crippen LogP contribution in [0.5, 0.6) is 0 Å². The molecule has 1 atom stereocenters. The van der Waals surface area contributed by atoms with Crippen LogP contribution in [0.2, 0.25) is 0 Å². The average Bonchev–Trinajstić information content (AvgIpc) is 2.39. The van der Waals surface area contributed by atoms with E-state index in [0.717, 1.165) is 32.4 Å². The van der Waals surface area contributed by atoms with Crippen LogP contribution in [0.3, 0.4) is 0 Å². The lowest BCUT2D eigenvalue weighted by Gasteiger charge is -2.15. The van der Waals surface area contributed by atoms with Gasteiger partial charge in [0.15, 0.2) is 0 Å². The van der Waals surface area contributed by atoms with Gasteiger partial charge >= 0.3 is 0 Å². The first-order chi connectivity index (χ1) is 6.24. The Morgan fingerprint density at radius 1 is 1.46 bits per heavy atom. The summed E-state index contributed by atoms with van der Waals surface area (Å²) in [5.74, 6) is 0.226. The predicted molar refractivity (Wildman–Crippen MR) is 54.9 cm³/mol. The molecule has 1 heterocycles. The molecule has 0 spiro atoms. The summed E-state index contributed by atoms with van der Waals surface area (Å²) in [4.78, 5) is 13.1. The normalized spacial score (nSPS) is 22.8. The number of nitrogens with zero attached hydrogens (tertiary/aromatic N) is 1. The van der Waals surface area contributed by atoms with Crippen LogP contribution in [-0.4, -0.2) is 40.9 Å². The van der Waals surface area contributed by atoms with E-state index in [1.807, 2.05) is 4.90 Å². The van der Waals surface area contributed by atoms with Gasteiger partial charge in [-0.2, -0.15) is 12.6 Å². The molecule has 0 aliphatic carbocycles. The SMILES string of the molecule is O=C1CC(S)CN1CCCCCO. The lowest BCUT2D eigenvalue weighted by Crippen LogP contribution is -2.26. The fraction of sp³-hybridized carbons (Fsp3) is 0.889. The zero-order chi connectivity index (χ0) is 9.68. The Hall–Kier alpha value is -0.220. The summed E-state index contributed by atoms with van der Waals surface area (Å²) in [6.07, 6.45) is 3.42. The third-order valence-electron chi connectivity index (χ3n) is 2.28. The Morgan fingerprint density at radius 3 is 2.77 bits per heavy atom. The molecular formula is C9H17NO2S. The zero-order valence-corrected chi connectivity index (χ0v) is 8.67. The third-order valence-corrected chi connectivity index (χ3v) is 2.63. The fourth-order valence-corrected chi connectivity index (χ4v) is 1.91. The molecule has 4 heteroatoms. The van der Waals surface area contributed by atoms with E-state index in [0.29, 0.717) is 6.42 Å². The average molecular weight is 203 g/mol. The van der Waals surface area contributed by atoms with E-state index in [9.17, 15) is 4.79 Å². The molecule has 1 unspecified atom stereocenters. The molecule has 3 nitrogen and oxygen atoms in total. The molecule has 1 aliphatic rings. The first kappa shape index (κ1) is 10.9. The molecule has 1 rings (SSSR count). The Morgan fingerprint density at radius 2 is 2.23 bits per heavy atom. The number of hydrogen-bond acceptors (Lipinski definition) is 3. The number of amides is 1. The summed E-state index contributed by atoms with van der Waals surface area (Å²) in [7, 11) is 0. The van der Waals surface area contributed by atoms with Crippen molar-refractivity contribution in [1.29, 1.82) is 0 Å². The standard InChI is InChI=1S/C9H17NO2S/c11-5-3-1-2-4-10-7-8(13)6-9(10)12/h8,11,13H,1-7H2. The fourth-order valence-electron chi connectivity index (χ4n) is 1.56. The van der Waals surface area contributed by atoms with Crippen LogP contribution in [0, 0.1) is 0 Å². The highest BCUT2D eigenvalue weighted by Gasteiger charge is 2.26. The van der Waals surface area contributed by atoms with Gasteiger partial charge in [-0.05, 0) is 19.3 Å². The lowest BCUT2D eigenvalue weighted by molar-refractivity contribution is -0.127. The van der Waals surface area contributed by atoms with Gasteiger partial charge in [0, 0.05) is 31.4 Å². The molecule has 13 heavy (non-hydrogen) atoms. The first-order valence-corrected chi connectivity index (χ1v) is 5.32. The highest BCUT2D eigenvalue weighted by molar-refractivity contribution is 7.81. The summed E-state index contributed by atoms with van der Waals surface area (Å²) >= 11 is 4.27. The second-order valence-electron chi connectivity index (χ2n) is 3.48. The number of thiol groups is 1. The Balaban J connectivity index is 2.11. The van der Waals surface area contributed by atoms with Crippen molar-refractivity contribution in [1.82, 2.24) is 4.90 Å². The molecule has 76 valence electrons. The minimum Gasteiger partial charge on any atom is -0.396 e. The van der Waals surface area contributed by atoms with Crippen LogP contribution >= 0.6 is 12.6 Å². The van der Waals surface area contributed by atoms with E-state index < -0.39 is 0 Å². The summed E-state index contributed by atoms with van der Waals surface area (Å²) in [6.45, 7) is 1.88. The Kier molecular flexibility index (Phi) is 4.59. The predicted octanol–water partition coefficient (Wildman–Crippen LogP) is 0.680. The number of hydrogen-bond donors (Lipinski definition) is 2. The largest absolute Gasteiger partial charge is 0.396 e. The van der Waals surface area contributed by atoms with Gasteiger partial charge in [0.25, 0.3) is 0 Å². The highest BCUT2D eigenvalue weighted by atomic mass is 32.1. The number of unbranched alkanes of at least 4 members (excludes halogenated alkanes) is 2. The summed E-state index contributed by atoms with van der Waals surface area (Å²) in [5, 5.41) is 8.79. The van der Waals surface area contributed by atoms with Gasteiger partial charge in [-0.1, -0.05) is 0 Å². The van der Waals surface area contributed by atoms with Crippen LogP contribution in [0.1, 0.15) is 25.7 Å². The number of carbonyl (C=O) groups is 1. The molecule has 1 fully saturated rings. The highest BCUT2D eigenvalue weighted by Crippen LogP contribution is 2.16. The van der Waals surface area contributed by atoms with Crippen molar-refractivity contribution >= 4 is 18.5 Å². The third kappa shape index (κ3) is 3.56. The van der Waals surface area contributed by atoms with E-state index in [4.69, 9.17) is 5.11 Å².